The largest absolute Gasteiger partial charge is 0.387 e. The van der Waals surface area contributed by atoms with Crippen LogP contribution in [0.4, 0.5) is 5.69 Å². The molecule has 0 bridgehead atoms. The van der Waals surface area contributed by atoms with Crippen molar-refractivity contribution in [3.63, 3.8) is 0 Å². The van der Waals surface area contributed by atoms with Crippen LogP contribution in [0.1, 0.15) is 25.1 Å². The van der Waals surface area contributed by atoms with E-state index < -0.39 is 15.9 Å². The van der Waals surface area contributed by atoms with E-state index in [-0.39, 0.29) is 5.75 Å². The van der Waals surface area contributed by atoms with Gasteiger partial charge in [-0.1, -0.05) is 6.92 Å². The SMILES string of the molecule is CCC(O)c1ccc(N(C)CCS(C)(=O)=O)cn1. The van der Waals surface area contributed by atoms with E-state index in [0.29, 0.717) is 18.7 Å². The van der Waals surface area contributed by atoms with Crippen molar-refractivity contribution in [3.05, 3.63) is 24.0 Å². The van der Waals surface area contributed by atoms with Gasteiger partial charge in [0.2, 0.25) is 0 Å². The van der Waals surface area contributed by atoms with Crippen LogP contribution < -0.4 is 4.90 Å². The zero-order valence-corrected chi connectivity index (χ0v) is 11.8. The van der Waals surface area contributed by atoms with Crippen LogP contribution in [-0.4, -0.2) is 44.1 Å². The van der Waals surface area contributed by atoms with Crippen LogP contribution in [0, 0.1) is 0 Å². The van der Waals surface area contributed by atoms with E-state index >= 15 is 0 Å². The van der Waals surface area contributed by atoms with Crippen LogP contribution in [0.3, 0.4) is 0 Å². The second-order valence-electron chi connectivity index (χ2n) is 4.42. The first-order valence-corrected chi connectivity index (χ1v) is 7.92. The van der Waals surface area contributed by atoms with Gasteiger partial charge in [-0.25, -0.2) is 8.42 Å². The number of rotatable bonds is 6. The molecule has 0 radical (unpaired) electrons. The maximum absolute atomic E-state index is 11.1. The van der Waals surface area contributed by atoms with Gasteiger partial charge >= 0.3 is 0 Å². The number of hydrogen-bond donors (Lipinski definition) is 1. The van der Waals surface area contributed by atoms with Gasteiger partial charge in [0.15, 0.2) is 0 Å². The van der Waals surface area contributed by atoms with E-state index in [1.54, 1.807) is 12.3 Å². The van der Waals surface area contributed by atoms with Crippen molar-refractivity contribution in [2.75, 3.05) is 30.5 Å². The molecule has 0 saturated carbocycles. The first kappa shape index (κ1) is 14.9. The topological polar surface area (TPSA) is 70.5 Å². The Hall–Kier alpha value is -1.14. The molecule has 0 saturated heterocycles. The molecule has 5 nitrogen and oxygen atoms in total. The fourth-order valence-corrected chi connectivity index (χ4v) is 2.07. The van der Waals surface area contributed by atoms with Crippen molar-refractivity contribution in [1.82, 2.24) is 4.98 Å². The molecule has 18 heavy (non-hydrogen) atoms. The summed E-state index contributed by atoms with van der Waals surface area (Å²) in [6.07, 6.45) is 2.95. The van der Waals surface area contributed by atoms with Gasteiger partial charge in [0, 0.05) is 19.8 Å². The summed E-state index contributed by atoms with van der Waals surface area (Å²) in [5.74, 6) is 0.114. The molecule has 102 valence electrons. The van der Waals surface area contributed by atoms with Gasteiger partial charge in [-0.3, -0.25) is 4.98 Å². The Balaban J connectivity index is 2.67. The highest BCUT2D eigenvalue weighted by molar-refractivity contribution is 7.90. The highest BCUT2D eigenvalue weighted by Gasteiger charge is 2.09. The summed E-state index contributed by atoms with van der Waals surface area (Å²) < 4.78 is 22.1. The Labute approximate surface area is 108 Å². The Morgan fingerprint density at radius 2 is 2.11 bits per heavy atom. The van der Waals surface area contributed by atoms with Crippen LogP contribution in [-0.2, 0) is 9.84 Å². The summed E-state index contributed by atoms with van der Waals surface area (Å²) in [4.78, 5) is 6.00. The molecule has 1 rings (SSSR count). The average molecular weight is 272 g/mol. The third-order valence-corrected chi connectivity index (χ3v) is 3.66. The van der Waals surface area contributed by atoms with E-state index in [4.69, 9.17) is 0 Å². The van der Waals surface area contributed by atoms with Crippen molar-refractivity contribution >= 4 is 15.5 Å². The van der Waals surface area contributed by atoms with Crippen LogP contribution in [0.5, 0.6) is 0 Å². The van der Waals surface area contributed by atoms with Crippen LogP contribution in [0.25, 0.3) is 0 Å². The average Bonchev–Trinajstić information content (AvgIpc) is 2.34. The lowest BCUT2D eigenvalue weighted by molar-refractivity contribution is 0.169. The summed E-state index contributed by atoms with van der Waals surface area (Å²) in [7, 11) is -1.14. The molecule has 0 aliphatic carbocycles. The Morgan fingerprint density at radius 1 is 1.44 bits per heavy atom. The fraction of sp³-hybridized carbons (Fsp3) is 0.583. The van der Waals surface area contributed by atoms with Crippen LogP contribution in [0.15, 0.2) is 18.3 Å². The third-order valence-electron chi connectivity index (χ3n) is 2.74. The monoisotopic (exact) mass is 272 g/mol. The van der Waals surface area contributed by atoms with Crippen LogP contribution >= 0.6 is 0 Å². The highest BCUT2D eigenvalue weighted by atomic mass is 32.2. The molecular formula is C12H20N2O3S. The van der Waals surface area contributed by atoms with E-state index in [1.165, 1.54) is 6.26 Å². The van der Waals surface area contributed by atoms with Gasteiger partial charge < -0.3 is 10.0 Å². The number of nitrogens with zero attached hydrogens (tertiary/aromatic N) is 2. The quantitative estimate of drug-likeness (QED) is 0.836. The molecule has 1 aromatic rings. The predicted octanol–water partition coefficient (Wildman–Crippen LogP) is 1.01. The zero-order valence-electron chi connectivity index (χ0n) is 11.0. The van der Waals surface area contributed by atoms with E-state index in [9.17, 15) is 13.5 Å². The zero-order chi connectivity index (χ0) is 13.8. The molecule has 0 spiro atoms. The number of aliphatic hydroxyl groups excluding tert-OH is 1. The second kappa shape index (κ2) is 6.15. The molecule has 0 amide bonds. The minimum absolute atomic E-state index is 0.114. The normalized spacial score (nSPS) is 13.3. The maximum Gasteiger partial charge on any atom is 0.149 e. The summed E-state index contributed by atoms with van der Waals surface area (Å²) in [5.41, 5.74) is 1.48. The van der Waals surface area contributed by atoms with Crippen molar-refractivity contribution in [2.45, 2.75) is 19.4 Å². The van der Waals surface area contributed by atoms with Gasteiger partial charge in [-0.15, -0.1) is 0 Å². The van der Waals surface area contributed by atoms with Crippen LogP contribution in [0.2, 0.25) is 0 Å². The predicted molar refractivity (Wildman–Crippen MR) is 72.5 cm³/mol. The summed E-state index contributed by atoms with van der Waals surface area (Å²) in [6.45, 7) is 2.31. The van der Waals surface area contributed by atoms with Crippen molar-refractivity contribution in [3.8, 4) is 0 Å². The molecule has 1 heterocycles. The minimum Gasteiger partial charge on any atom is -0.387 e. The standard InChI is InChI=1S/C12H20N2O3S/c1-4-12(15)11-6-5-10(9-13-11)14(2)7-8-18(3,16)17/h5-6,9,12,15H,4,7-8H2,1-3H3. The fourth-order valence-electron chi connectivity index (χ4n) is 1.46. The van der Waals surface area contributed by atoms with E-state index in [1.807, 2.05) is 24.9 Å². The number of anilines is 1. The van der Waals surface area contributed by atoms with E-state index in [2.05, 4.69) is 4.98 Å². The third kappa shape index (κ3) is 4.62. The maximum atomic E-state index is 11.1. The molecule has 0 aliphatic heterocycles. The molecular weight excluding hydrogens is 252 g/mol. The van der Waals surface area contributed by atoms with E-state index in [0.717, 1.165) is 5.69 Å². The molecule has 1 aromatic heterocycles. The van der Waals surface area contributed by atoms with Crippen molar-refractivity contribution in [1.29, 1.82) is 0 Å². The van der Waals surface area contributed by atoms with Gasteiger partial charge in [0.1, 0.15) is 9.84 Å². The Kier molecular flexibility index (Phi) is 5.10. The summed E-state index contributed by atoms with van der Waals surface area (Å²) >= 11 is 0. The molecule has 0 fully saturated rings. The van der Waals surface area contributed by atoms with Gasteiger partial charge in [-0.05, 0) is 18.6 Å². The molecule has 1 N–H and O–H groups in total. The summed E-state index contributed by atoms with van der Waals surface area (Å²) in [5, 5.41) is 9.61. The number of sulfone groups is 1. The van der Waals surface area contributed by atoms with Crippen molar-refractivity contribution < 1.29 is 13.5 Å². The lowest BCUT2D eigenvalue weighted by atomic mass is 10.2. The molecule has 0 aliphatic rings. The first-order chi connectivity index (χ1) is 8.33. The first-order valence-electron chi connectivity index (χ1n) is 5.86. The smallest absolute Gasteiger partial charge is 0.149 e. The van der Waals surface area contributed by atoms with Gasteiger partial charge in [0.05, 0.1) is 29.4 Å². The van der Waals surface area contributed by atoms with Crippen molar-refractivity contribution in [2.24, 2.45) is 0 Å². The molecule has 0 aromatic carbocycles. The Bertz CT molecular complexity index is 471. The highest BCUT2D eigenvalue weighted by Crippen LogP contribution is 2.17. The lowest BCUT2D eigenvalue weighted by Gasteiger charge is -2.19. The van der Waals surface area contributed by atoms with Gasteiger partial charge in [-0.2, -0.15) is 0 Å². The number of aromatic nitrogens is 1. The second-order valence-corrected chi connectivity index (χ2v) is 6.68. The molecule has 6 heteroatoms. The lowest BCUT2D eigenvalue weighted by Crippen LogP contribution is -2.25. The molecule has 1 atom stereocenters. The number of aliphatic hydroxyl groups is 1. The minimum atomic E-state index is -2.95. The summed E-state index contributed by atoms with van der Waals surface area (Å²) in [6, 6.07) is 3.60. The number of pyridine rings is 1. The molecule has 1 unspecified atom stereocenters. The Morgan fingerprint density at radius 3 is 2.56 bits per heavy atom. The van der Waals surface area contributed by atoms with Gasteiger partial charge in [0.25, 0.3) is 0 Å². The number of hydrogen-bond acceptors (Lipinski definition) is 5.